The normalized spacial score (nSPS) is 30.5. The highest BCUT2D eigenvalue weighted by Gasteiger charge is 2.59. The second kappa shape index (κ2) is 19.9. The number of nitrogen functional groups attached to an aromatic ring is 2. The quantitative estimate of drug-likeness (QED) is 0.0563. The van der Waals surface area contributed by atoms with Crippen LogP contribution in [0.4, 0.5) is 11.6 Å². The molecule has 2 aromatic rings. The second-order valence-corrected chi connectivity index (χ2v) is 21.9. The van der Waals surface area contributed by atoms with E-state index >= 15 is 0 Å². The Kier molecular flexibility index (Phi) is 17.3. The number of terminal acetylenes is 2. The van der Waals surface area contributed by atoms with E-state index in [2.05, 4.69) is 47.3 Å². The van der Waals surface area contributed by atoms with Gasteiger partial charge < -0.3 is 81.8 Å². The fourth-order valence-corrected chi connectivity index (χ4v) is 12.1. The van der Waals surface area contributed by atoms with Crippen molar-refractivity contribution in [3.05, 3.63) is 38.9 Å². The molecule has 0 aromatic carbocycles. The van der Waals surface area contributed by atoms with Crippen LogP contribution in [-0.4, -0.2) is 121 Å². The van der Waals surface area contributed by atoms with Crippen molar-refractivity contribution in [3.8, 4) is 24.7 Å². The van der Waals surface area contributed by atoms with Crippen molar-refractivity contribution in [2.45, 2.75) is 80.9 Å². The molecule has 2 fully saturated rings. The molecule has 0 amide bonds. The molecule has 2 saturated heterocycles. The molecule has 0 spiro atoms. The molecule has 2 aliphatic rings. The van der Waals surface area contributed by atoms with Crippen LogP contribution in [0.1, 0.15) is 32.0 Å². The molecular weight excluding hydrogens is 1020 g/mol. The first-order valence-corrected chi connectivity index (χ1v) is 25.7. The van der Waals surface area contributed by atoms with E-state index in [1.54, 1.807) is 0 Å². The molecule has 0 saturated carbocycles. The Morgan fingerprint density at radius 1 is 0.692 bits per heavy atom. The molecule has 366 valence electrons. The lowest BCUT2D eigenvalue weighted by Crippen LogP contribution is -2.55. The van der Waals surface area contributed by atoms with Gasteiger partial charge in [0.05, 0.1) is 18.4 Å². The largest absolute Gasteiger partial charge is 0.490 e. The maximum absolute atomic E-state index is 12.3. The number of phosphoric acid groups is 6. The van der Waals surface area contributed by atoms with Gasteiger partial charge in [-0.05, 0) is 26.8 Å². The van der Waals surface area contributed by atoms with Crippen LogP contribution >= 0.6 is 46.9 Å². The highest BCUT2D eigenvalue weighted by atomic mass is 31.3. The summed E-state index contributed by atoms with van der Waals surface area (Å²) in [5, 5.41) is 24.8. The molecule has 0 aliphatic carbocycles. The number of aromatic nitrogens is 5. The van der Waals surface area contributed by atoms with Crippen molar-refractivity contribution in [1.29, 1.82) is 0 Å². The van der Waals surface area contributed by atoms with Gasteiger partial charge in [0.1, 0.15) is 36.1 Å². The number of nitrogens with zero attached hydrogens (tertiary/aromatic N) is 5. The van der Waals surface area contributed by atoms with E-state index in [4.69, 9.17) is 64.8 Å². The summed E-state index contributed by atoms with van der Waals surface area (Å²) in [4.78, 5) is 103. The van der Waals surface area contributed by atoms with Crippen LogP contribution in [0.3, 0.4) is 0 Å². The van der Waals surface area contributed by atoms with Gasteiger partial charge in [-0.3, -0.25) is 13.6 Å². The fourth-order valence-electron chi connectivity index (χ4n) is 5.67. The van der Waals surface area contributed by atoms with Gasteiger partial charge in [-0.2, -0.15) is 37.0 Å². The molecule has 18 N–H and O–H groups in total. The summed E-state index contributed by atoms with van der Waals surface area (Å²) >= 11 is 0. The van der Waals surface area contributed by atoms with Gasteiger partial charge >= 0.3 is 58.3 Å². The van der Waals surface area contributed by atoms with Gasteiger partial charge in [0, 0.05) is 5.69 Å². The smallest absolute Gasteiger partial charge is 0.387 e. The first kappa shape index (κ1) is 56.3. The lowest BCUT2D eigenvalue weighted by Gasteiger charge is -2.29. The molecule has 0 radical (unpaired) electrons. The van der Waals surface area contributed by atoms with E-state index in [0.717, 1.165) is 24.6 Å². The van der Waals surface area contributed by atoms with E-state index in [1.807, 2.05) is 5.92 Å². The predicted octanol–water partition coefficient (Wildman–Crippen LogP) is -4.00. The molecule has 65 heavy (non-hydrogen) atoms. The third kappa shape index (κ3) is 14.3. The van der Waals surface area contributed by atoms with Crippen LogP contribution in [0.2, 0.25) is 0 Å². The van der Waals surface area contributed by atoms with E-state index in [0.29, 0.717) is 4.68 Å². The summed E-state index contributed by atoms with van der Waals surface area (Å²) in [6.45, 7) is 3.50. The Bertz CT molecular complexity index is 2630. The SMILES string of the molecule is C#CC1(N)[C@@H](O)[C@@H]([C@@H](C)OP(=O)(O)OP(=O)(O)OP(=O)(O)O)O[C@H]1n1c(C)cc(N)nc1=O.C#CC1(N)[C@@H](O)[C@@H]([C@@H](C)OP(=O)(O)OP(=O)(O)OP(=O)(O)O)O[C@H]1n1ncc(N)nc1=O. The second-order valence-electron chi connectivity index (χ2n) is 13.1. The minimum absolute atomic E-state index is 0.117. The van der Waals surface area contributed by atoms with E-state index in [9.17, 15) is 66.8 Å². The third-order valence-electron chi connectivity index (χ3n) is 8.21. The van der Waals surface area contributed by atoms with Crippen LogP contribution in [0.5, 0.6) is 0 Å². The molecule has 2 aromatic heterocycles. The fraction of sp³-hybridized carbons (Fsp3) is 0.542. The zero-order chi connectivity index (χ0) is 50.3. The Balaban J connectivity index is 0.000000345. The van der Waals surface area contributed by atoms with Gasteiger partial charge in [0.2, 0.25) is 0 Å². The summed E-state index contributed by atoms with van der Waals surface area (Å²) in [5.41, 5.74) is 16.9. The third-order valence-corrected chi connectivity index (χ3v) is 16.1. The topological polar surface area (TPSA) is 565 Å². The Labute approximate surface area is 362 Å². The lowest BCUT2D eigenvalue weighted by molar-refractivity contribution is -0.0793. The average molecular weight is 1060 g/mol. The number of hydrogen-bond donors (Lipinski definition) is 14. The van der Waals surface area contributed by atoms with Crippen molar-refractivity contribution in [2.75, 3.05) is 11.5 Å². The van der Waals surface area contributed by atoms with Crippen LogP contribution in [-0.2, 0) is 63.2 Å². The van der Waals surface area contributed by atoms with Crippen molar-refractivity contribution in [3.63, 3.8) is 0 Å². The van der Waals surface area contributed by atoms with E-state index in [1.165, 1.54) is 13.0 Å². The minimum atomic E-state index is -5.78. The number of aliphatic hydroxyl groups excluding tert-OH is 2. The van der Waals surface area contributed by atoms with Crippen LogP contribution in [0.15, 0.2) is 21.9 Å². The monoisotopic (exact) mass is 1060 g/mol. The molecule has 0 bridgehead atoms. The molecular formula is C24H39N9O26P6. The summed E-state index contributed by atoms with van der Waals surface area (Å²) in [6.07, 6.45) is -1.79. The van der Waals surface area contributed by atoms with Gasteiger partial charge in [-0.25, -0.2) is 37.0 Å². The molecule has 41 heteroatoms. The van der Waals surface area contributed by atoms with E-state index < -0.39 is 118 Å². The molecule has 6 unspecified atom stereocenters. The Hall–Kier alpha value is -3.01. The first-order chi connectivity index (χ1) is 29.2. The summed E-state index contributed by atoms with van der Waals surface area (Å²) < 4.78 is 104. The highest BCUT2D eigenvalue weighted by molar-refractivity contribution is 7.67. The molecule has 4 heterocycles. The van der Waals surface area contributed by atoms with Crippen molar-refractivity contribution in [1.82, 2.24) is 24.3 Å². The predicted molar refractivity (Wildman–Crippen MR) is 209 cm³/mol. The molecule has 14 atom stereocenters. The number of anilines is 2. The lowest BCUT2D eigenvalue weighted by atomic mass is 9.90. The van der Waals surface area contributed by atoms with Crippen LogP contribution < -0.4 is 34.3 Å². The average Bonchev–Trinajstić information content (AvgIpc) is 3.50. The number of phosphoric ester groups is 2. The summed E-state index contributed by atoms with van der Waals surface area (Å²) in [6, 6.07) is 1.29. The first-order valence-electron chi connectivity index (χ1n) is 16.6. The van der Waals surface area contributed by atoms with Gasteiger partial charge in [0.15, 0.2) is 23.5 Å². The number of ether oxygens (including phenoxy) is 2. The minimum Gasteiger partial charge on any atom is -0.387 e. The highest BCUT2D eigenvalue weighted by Crippen LogP contribution is 2.68. The Morgan fingerprint density at radius 3 is 1.45 bits per heavy atom. The molecule has 35 nitrogen and oxygen atoms in total. The van der Waals surface area contributed by atoms with Gasteiger partial charge in [-0.1, -0.05) is 11.8 Å². The zero-order valence-electron chi connectivity index (χ0n) is 32.7. The number of nitrogens with two attached hydrogens (primary N) is 4. The van der Waals surface area contributed by atoms with Gasteiger partial charge in [-0.15, -0.1) is 12.8 Å². The number of rotatable bonds is 16. The van der Waals surface area contributed by atoms with Crippen molar-refractivity contribution < 1.29 is 113 Å². The summed E-state index contributed by atoms with van der Waals surface area (Å²) in [5.74, 6) is 3.76. The number of hydrogen-bond acceptors (Lipinski definition) is 25. The van der Waals surface area contributed by atoms with Gasteiger partial charge in [0.25, 0.3) is 0 Å². The van der Waals surface area contributed by atoms with Crippen LogP contribution in [0.25, 0.3) is 0 Å². The van der Waals surface area contributed by atoms with Crippen LogP contribution in [0, 0.1) is 31.6 Å². The maximum Gasteiger partial charge on any atom is 0.490 e. The standard InChI is InChI=1S/C13H21N4O13P3.C11H18N5O13P3/c1-4-13(15)10(18)9(27-11(13)17-6(2)5-8(14)16-12(17)19)7(3)28-32(23,24)30-33(25,26)29-31(20,21)22;1-3-11(13)8(17)7(26-9(11)16-10(18)15-6(12)4-14-16)5(2)27-31(22,23)29-32(24,25)28-30(19,20)21/h1,5,7,9-11,18H,15H2,2-3H3,(H,23,24)(H,25,26)(H2,14,16,19)(H2,20,21,22);1,4-5,7-9,17H,13H2,2H3,(H,22,23)(H,24,25)(H2,12,15,18)(H2,19,20,21)/t7-,9-,10+,11-,13?;5-,7-,8+,9-,11?/m11/s1. The Morgan fingerprint density at radius 2 is 1.08 bits per heavy atom. The number of aryl methyl sites for hydroxylation is 1. The maximum atomic E-state index is 12.3. The van der Waals surface area contributed by atoms with Crippen molar-refractivity contribution >= 4 is 58.6 Å². The molecule has 2 aliphatic heterocycles. The zero-order valence-corrected chi connectivity index (χ0v) is 38.0. The van der Waals surface area contributed by atoms with Crippen molar-refractivity contribution in [2.24, 2.45) is 11.5 Å². The van der Waals surface area contributed by atoms with E-state index in [-0.39, 0.29) is 17.3 Å². The number of aliphatic hydroxyl groups is 2. The summed E-state index contributed by atoms with van der Waals surface area (Å²) in [7, 11) is -33.9. The molecule has 4 rings (SSSR count).